The molecule has 0 aliphatic carbocycles. The van der Waals surface area contributed by atoms with Crippen molar-refractivity contribution < 1.29 is 4.74 Å². The lowest BCUT2D eigenvalue weighted by Gasteiger charge is -2.14. The third kappa shape index (κ3) is 2.55. The van der Waals surface area contributed by atoms with Crippen molar-refractivity contribution in [3.05, 3.63) is 53.9 Å². The molecule has 2 heterocycles. The molecule has 4 rings (SSSR count). The molecule has 0 unspecified atom stereocenters. The molecule has 0 radical (unpaired) electrons. The molecule has 6 heteroatoms. The Balaban J connectivity index is 1.97. The molecule has 2 aromatic heterocycles. The standard InChI is InChI=1S/C19H19N5O/c1-4-17-22-23-18-13-7-5-6-8-14(13)20-19(24(17)18)21-15-11-12(2)9-10-16(15)25-3/h5-11H,4H2,1-3H3,(H,20,21). The fourth-order valence-corrected chi connectivity index (χ4v) is 2.99. The van der Waals surface area contributed by atoms with E-state index in [0.717, 1.165) is 45.8 Å². The summed E-state index contributed by atoms with van der Waals surface area (Å²) in [5.41, 5.74) is 3.68. The summed E-state index contributed by atoms with van der Waals surface area (Å²) in [6.07, 6.45) is 0.765. The number of benzene rings is 2. The molecule has 0 saturated heterocycles. The molecule has 0 aliphatic rings. The number of nitrogens with one attached hydrogen (secondary N) is 1. The Bertz CT molecular complexity index is 1070. The quantitative estimate of drug-likeness (QED) is 0.613. The van der Waals surface area contributed by atoms with Crippen LogP contribution in [-0.2, 0) is 6.42 Å². The predicted octanol–water partition coefficient (Wildman–Crippen LogP) is 3.90. The SMILES string of the molecule is CCc1nnc2c3ccccc3nc(Nc3cc(C)ccc3OC)n12. The van der Waals surface area contributed by atoms with Gasteiger partial charge in [-0.3, -0.25) is 0 Å². The summed E-state index contributed by atoms with van der Waals surface area (Å²) in [5.74, 6) is 2.31. The third-order valence-corrected chi connectivity index (χ3v) is 4.23. The number of aryl methyl sites for hydroxylation is 2. The topological polar surface area (TPSA) is 64.3 Å². The second-order valence-electron chi connectivity index (χ2n) is 5.91. The number of fused-ring (bicyclic) bond motifs is 3. The largest absolute Gasteiger partial charge is 0.495 e. The first-order valence-corrected chi connectivity index (χ1v) is 8.25. The predicted molar refractivity (Wildman–Crippen MR) is 98.7 cm³/mol. The molecule has 25 heavy (non-hydrogen) atoms. The second kappa shape index (κ2) is 6.05. The number of anilines is 2. The fraction of sp³-hybridized carbons (Fsp3) is 0.211. The van der Waals surface area contributed by atoms with Gasteiger partial charge < -0.3 is 10.1 Å². The van der Waals surface area contributed by atoms with Gasteiger partial charge in [0.25, 0.3) is 0 Å². The smallest absolute Gasteiger partial charge is 0.215 e. The summed E-state index contributed by atoms with van der Waals surface area (Å²) < 4.78 is 7.46. The molecular weight excluding hydrogens is 314 g/mol. The van der Waals surface area contributed by atoms with Crippen molar-refractivity contribution in [2.45, 2.75) is 20.3 Å². The van der Waals surface area contributed by atoms with E-state index < -0.39 is 0 Å². The third-order valence-electron chi connectivity index (χ3n) is 4.23. The van der Waals surface area contributed by atoms with Crippen LogP contribution in [0, 0.1) is 6.92 Å². The van der Waals surface area contributed by atoms with Crippen molar-refractivity contribution in [2.75, 3.05) is 12.4 Å². The van der Waals surface area contributed by atoms with Gasteiger partial charge in [-0.2, -0.15) is 0 Å². The minimum atomic E-state index is 0.680. The van der Waals surface area contributed by atoms with Crippen LogP contribution < -0.4 is 10.1 Å². The zero-order valence-corrected chi connectivity index (χ0v) is 14.4. The number of ether oxygens (including phenoxy) is 1. The summed E-state index contributed by atoms with van der Waals surface area (Å²) in [4.78, 5) is 4.80. The molecular formula is C19H19N5O. The first-order valence-electron chi connectivity index (χ1n) is 8.25. The van der Waals surface area contributed by atoms with Gasteiger partial charge in [-0.15, -0.1) is 10.2 Å². The van der Waals surface area contributed by atoms with Crippen LogP contribution in [0.1, 0.15) is 18.3 Å². The fourth-order valence-electron chi connectivity index (χ4n) is 2.99. The average molecular weight is 333 g/mol. The number of hydrogen-bond donors (Lipinski definition) is 1. The molecule has 0 spiro atoms. The second-order valence-corrected chi connectivity index (χ2v) is 5.91. The number of nitrogens with zero attached hydrogens (tertiary/aromatic N) is 4. The Morgan fingerprint density at radius 1 is 1.12 bits per heavy atom. The molecule has 6 nitrogen and oxygen atoms in total. The zero-order chi connectivity index (χ0) is 17.4. The monoisotopic (exact) mass is 333 g/mol. The van der Waals surface area contributed by atoms with Crippen molar-refractivity contribution in [3.63, 3.8) is 0 Å². The van der Waals surface area contributed by atoms with Gasteiger partial charge in [-0.25, -0.2) is 9.38 Å². The number of rotatable bonds is 4. The van der Waals surface area contributed by atoms with E-state index in [-0.39, 0.29) is 0 Å². The van der Waals surface area contributed by atoms with Crippen molar-refractivity contribution in [3.8, 4) is 5.75 Å². The normalized spacial score (nSPS) is 11.2. The summed E-state index contributed by atoms with van der Waals surface area (Å²) in [5, 5.41) is 13.1. The van der Waals surface area contributed by atoms with E-state index in [0.29, 0.717) is 5.95 Å². The van der Waals surface area contributed by atoms with Crippen LogP contribution in [0.15, 0.2) is 42.5 Å². The average Bonchev–Trinajstić information content (AvgIpc) is 3.07. The highest BCUT2D eigenvalue weighted by Crippen LogP contribution is 2.30. The highest BCUT2D eigenvalue weighted by molar-refractivity contribution is 5.92. The van der Waals surface area contributed by atoms with E-state index in [1.54, 1.807) is 7.11 Å². The van der Waals surface area contributed by atoms with Gasteiger partial charge in [0.2, 0.25) is 5.95 Å². The number of methoxy groups -OCH3 is 1. The number of aromatic nitrogens is 4. The minimum absolute atomic E-state index is 0.680. The maximum Gasteiger partial charge on any atom is 0.215 e. The number of para-hydroxylation sites is 1. The summed E-state index contributed by atoms with van der Waals surface area (Å²) in [6, 6.07) is 14.0. The van der Waals surface area contributed by atoms with Gasteiger partial charge in [0.1, 0.15) is 11.6 Å². The van der Waals surface area contributed by atoms with Crippen LogP contribution in [0.25, 0.3) is 16.6 Å². The lowest BCUT2D eigenvalue weighted by Crippen LogP contribution is -2.06. The Labute approximate surface area is 145 Å². The molecule has 0 bridgehead atoms. The van der Waals surface area contributed by atoms with E-state index in [4.69, 9.17) is 9.72 Å². The van der Waals surface area contributed by atoms with Crippen molar-refractivity contribution in [1.82, 2.24) is 19.6 Å². The summed E-state index contributed by atoms with van der Waals surface area (Å²) >= 11 is 0. The molecule has 0 amide bonds. The first kappa shape index (κ1) is 15.4. The molecule has 2 aromatic carbocycles. The van der Waals surface area contributed by atoms with E-state index in [1.165, 1.54) is 0 Å². The minimum Gasteiger partial charge on any atom is -0.495 e. The van der Waals surface area contributed by atoms with Crippen LogP contribution in [0.4, 0.5) is 11.6 Å². The molecule has 0 atom stereocenters. The van der Waals surface area contributed by atoms with Crippen molar-refractivity contribution in [1.29, 1.82) is 0 Å². The van der Waals surface area contributed by atoms with Gasteiger partial charge >= 0.3 is 0 Å². The lowest BCUT2D eigenvalue weighted by atomic mass is 10.2. The van der Waals surface area contributed by atoms with Gasteiger partial charge in [-0.05, 0) is 36.8 Å². The molecule has 0 aliphatic heterocycles. The van der Waals surface area contributed by atoms with E-state index in [1.807, 2.05) is 53.8 Å². The molecule has 1 N–H and O–H groups in total. The van der Waals surface area contributed by atoms with Crippen LogP contribution >= 0.6 is 0 Å². The maximum absolute atomic E-state index is 5.48. The van der Waals surface area contributed by atoms with Gasteiger partial charge in [0.15, 0.2) is 5.65 Å². The zero-order valence-electron chi connectivity index (χ0n) is 14.4. The van der Waals surface area contributed by atoms with Gasteiger partial charge in [-0.1, -0.05) is 25.1 Å². The molecule has 4 aromatic rings. The van der Waals surface area contributed by atoms with Gasteiger partial charge in [0, 0.05) is 11.8 Å². The first-order chi connectivity index (χ1) is 12.2. The molecule has 0 fully saturated rings. The molecule has 126 valence electrons. The number of hydrogen-bond acceptors (Lipinski definition) is 5. The summed E-state index contributed by atoms with van der Waals surface area (Å²) in [7, 11) is 1.66. The Morgan fingerprint density at radius 2 is 1.96 bits per heavy atom. The maximum atomic E-state index is 5.48. The highest BCUT2D eigenvalue weighted by Gasteiger charge is 2.15. The van der Waals surface area contributed by atoms with Crippen LogP contribution in [0.3, 0.4) is 0 Å². The van der Waals surface area contributed by atoms with Crippen LogP contribution in [0.5, 0.6) is 5.75 Å². The summed E-state index contributed by atoms with van der Waals surface area (Å²) in [6.45, 7) is 4.10. The van der Waals surface area contributed by atoms with Crippen molar-refractivity contribution >= 4 is 28.2 Å². The molecule has 0 saturated carbocycles. The van der Waals surface area contributed by atoms with Gasteiger partial charge in [0.05, 0.1) is 18.3 Å². The van der Waals surface area contributed by atoms with Crippen molar-refractivity contribution in [2.24, 2.45) is 0 Å². The highest BCUT2D eigenvalue weighted by atomic mass is 16.5. The van der Waals surface area contributed by atoms with Crippen LogP contribution in [0.2, 0.25) is 0 Å². The Morgan fingerprint density at radius 3 is 2.76 bits per heavy atom. The van der Waals surface area contributed by atoms with E-state index in [2.05, 4.69) is 22.4 Å². The van der Waals surface area contributed by atoms with Crippen LogP contribution in [-0.4, -0.2) is 26.7 Å². The Kier molecular flexibility index (Phi) is 3.72. The Hall–Kier alpha value is -3.15. The lowest BCUT2D eigenvalue weighted by molar-refractivity contribution is 0.416. The van der Waals surface area contributed by atoms with E-state index in [9.17, 15) is 0 Å². The van der Waals surface area contributed by atoms with E-state index >= 15 is 0 Å².